The Morgan fingerprint density at radius 2 is 1.61 bits per heavy atom. The number of amides is 2. The molecule has 3 aliphatic heterocycles. The summed E-state index contributed by atoms with van der Waals surface area (Å²) in [6.07, 6.45) is 11.6. The van der Waals surface area contributed by atoms with Crippen molar-refractivity contribution in [2.45, 2.75) is 76.4 Å². The summed E-state index contributed by atoms with van der Waals surface area (Å²) in [7, 11) is 0. The van der Waals surface area contributed by atoms with Gasteiger partial charge in [0.05, 0.1) is 17.6 Å². The summed E-state index contributed by atoms with van der Waals surface area (Å²) in [6, 6.07) is 22.5. The Balaban J connectivity index is 0.753. The van der Waals surface area contributed by atoms with E-state index in [2.05, 4.69) is 88.5 Å². The van der Waals surface area contributed by atoms with Gasteiger partial charge < -0.3 is 10.2 Å². The number of anilines is 2. The van der Waals surface area contributed by atoms with Crippen molar-refractivity contribution in [3.05, 3.63) is 107 Å². The summed E-state index contributed by atoms with van der Waals surface area (Å²) in [5, 5.41) is 20.2. The lowest BCUT2D eigenvalue weighted by Gasteiger charge is -2.36. The number of aryl methyl sites for hydroxylation is 2. The van der Waals surface area contributed by atoms with Crippen molar-refractivity contribution in [3.63, 3.8) is 0 Å². The number of carbonyl (C=O) groups is 2. The molecule has 1 saturated carbocycles. The third-order valence-electron chi connectivity index (χ3n) is 11.7. The van der Waals surface area contributed by atoms with Gasteiger partial charge in [-0.05, 0) is 99.7 Å². The summed E-state index contributed by atoms with van der Waals surface area (Å²) in [5.41, 5.74) is 8.06. The number of piperazine rings is 1. The second-order valence-corrected chi connectivity index (χ2v) is 16.0. The van der Waals surface area contributed by atoms with Gasteiger partial charge in [0, 0.05) is 78.4 Å². The number of hydrogen-bond acceptors (Lipinski definition) is 9. The Morgan fingerprint density at radius 3 is 2.36 bits per heavy atom. The number of nitrogens with one attached hydrogen (secondary N) is 2. The van der Waals surface area contributed by atoms with E-state index in [1.807, 2.05) is 37.4 Å². The van der Waals surface area contributed by atoms with Crippen molar-refractivity contribution < 1.29 is 9.59 Å². The molecule has 2 amide bonds. The van der Waals surface area contributed by atoms with Crippen LogP contribution >= 0.6 is 11.6 Å². The van der Waals surface area contributed by atoms with Crippen LogP contribution in [0.25, 0.3) is 16.8 Å². The molecule has 3 fully saturated rings. The highest BCUT2D eigenvalue weighted by Crippen LogP contribution is 2.52. The van der Waals surface area contributed by atoms with Gasteiger partial charge in [0.1, 0.15) is 17.4 Å². The summed E-state index contributed by atoms with van der Waals surface area (Å²) in [5.74, 6) is 1.34. The summed E-state index contributed by atoms with van der Waals surface area (Å²) in [4.78, 5) is 33.9. The number of hydrogen-bond donors (Lipinski definition) is 2. The fourth-order valence-electron chi connectivity index (χ4n) is 8.29. The van der Waals surface area contributed by atoms with E-state index in [4.69, 9.17) is 21.7 Å². The van der Waals surface area contributed by atoms with Crippen LogP contribution < -0.4 is 15.5 Å². The number of rotatable bonds is 12. The van der Waals surface area contributed by atoms with Gasteiger partial charge in [-0.15, -0.1) is 10.2 Å². The first-order valence-electron chi connectivity index (χ1n) is 20.0. The standard InChI is InChI=1S/C43H47ClN10O2/c1-29-49-50-42-43(18-19-43)48-40(30-6-9-33(44)10-7-30)36-26-31(8-16-38(36)54(29)42)32-27-45-53(28-32)21-5-3-2-4-20-51-22-24-52(25-23-51)35-13-11-34(12-14-35)46-37-15-17-39(55)47-41(37)56/h6-14,16,26-28,37,46H,2-5,15,17-25H2,1H3,(H,47,55,56). The smallest absolute Gasteiger partial charge is 0.249 e. The van der Waals surface area contributed by atoms with E-state index in [0.717, 1.165) is 110 Å². The van der Waals surface area contributed by atoms with E-state index in [9.17, 15) is 9.59 Å². The zero-order valence-corrected chi connectivity index (χ0v) is 32.5. The number of halogens is 1. The fraction of sp³-hybridized carbons (Fsp3) is 0.395. The molecule has 5 aromatic rings. The lowest BCUT2D eigenvalue weighted by molar-refractivity contribution is -0.133. The summed E-state index contributed by atoms with van der Waals surface area (Å²) >= 11 is 6.29. The largest absolute Gasteiger partial charge is 0.374 e. The molecule has 2 aromatic heterocycles. The highest BCUT2D eigenvalue weighted by molar-refractivity contribution is 6.30. The average molecular weight is 771 g/mol. The second-order valence-electron chi connectivity index (χ2n) is 15.6. The van der Waals surface area contributed by atoms with Gasteiger partial charge in [-0.25, -0.2) is 0 Å². The van der Waals surface area contributed by atoms with Crippen LogP contribution in [-0.2, 0) is 21.7 Å². The normalized spacial score (nSPS) is 18.9. The Morgan fingerprint density at radius 1 is 0.857 bits per heavy atom. The first kappa shape index (κ1) is 36.3. The van der Waals surface area contributed by atoms with Crippen LogP contribution in [0.2, 0.25) is 5.02 Å². The van der Waals surface area contributed by atoms with Gasteiger partial charge in [0.25, 0.3) is 0 Å². The summed E-state index contributed by atoms with van der Waals surface area (Å²) in [6.45, 7) is 8.16. The van der Waals surface area contributed by atoms with Crippen LogP contribution in [0.3, 0.4) is 0 Å². The molecule has 2 saturated heterocycles. The number of nitrogens with zero attached hydrogens (tertiary/aromatic N) is 8. The molecule has 9 rings (SSSR count). The van der Waals surface area contributed by atoms with Crippen LogP contribution in [0.1, 0.15) is 74.1 Å². The maximum absolute atomic E-state index is 12.1. The maximum Gasteiger partial charge on any atom is 0.249 e. The number of carbonyl (C=O) groups excluding carboxylic acids is 2. The molecule has 1 atom stereocenters. The number of fused-ring (bicyclic) bond motifs is 4. The third kappa shape index (κ3) is 7.47. The molecule has 12 nitrogen and oxygen atoms in total. The molecule has 1 unspecified atom stereocenters. The Hall–Kier alpha value is -5.33. The molecule has 3 aromatic carbocycles. The van der Waals surface area contributed by atoms with Gasteiger partial charge in [-0.1, -0.05) is 42.6 Å². The number of aromatic nitrogens is 5. The predicted molar refractivity (Wildman–Crippen MR) is 219 cm³/mol. The molecule has 0 radical (unpaired) electrons. The molecule has 56 heavy (non-hydrogen) atoms. The van der Waals surface area contributed by atoms with Crippen molar-refractivity contribution >= 4 is 40.5 Å². The van der Waals surface area contributed by atoms with Gasteiger partial charge in [0.15, 0.2) is 5.82 Å². The van der Waals surface area contributed by atoms with Gasteiger partial charge in [-0.2, -0.15) is 5.10 Å². The number of piperidine rings is 1. The Labute approximate surface area is 332 Å². The molecule has 1 spiro atoms. The third-order valence-corrected chi connectivity index (χ3v) is 11.9. The minimum absolute atomic E-state index is 0.197. The molecule has 2 N–H and O–H groups in total. The van der Waals surface area contributed by atoms with Crippen LogP contribution in [-0.4, -0.2) is 85.7 Å². The van der Waals surface area contributed by atoms with Crippen molar-refractivity contribution in [3.8, 4) is 16.8 Å². The monoisotopic (exact) mass is 770 g/mol. The second kappa shape index (κ2) is 15.3. The van der Waals surface area contributed by atoms with Crippen molar-refractivity contribution in [1.82, 2.24) is 34.8 Å². The van der Waals surface area contributed by atoms with Gasteiger partial charge in [0.2, 0.25) is 11.8 Å². The lowest BCUT2D eigenvalue weighted by atomic mass is 9.96. The highest BCUT2D eigenvalue weighted by Gasteiger charge is 2.51. The molecule has 4 aliphatic rings. The number of benzene rings is 3. The SMILES string of the molecule is Cc1nnc2n1-c1ccc(-c3cnn(CCCCCCN4CCN(c5ccc(NC6CCC(=O)NC6=O)cc5)CC4)c3)cc1C(c1ccc(Cl)cc1)=NC21CC1. The Bertz CT molecular complexity index is 2270. The topological polar surface area (TPSA) is 126 Å². The number of imide groups is 1. The van der Waals surface area contributed by atoms with E-state index in [-0.39, 0.29) is 23.4 Å². The van der Waals surface area contributed by atoms with Crippen LogP contribution in [0.5, 0.6) is 0 Å². The fourth-order valence-corrected chi connectivity index (χ4v) is 8.41. The van der Waals surface area contributed by atoms with Gasteiger partial charge in [-0.3, -0.25) is 34.0 Å². The number of unbranched alkanes of at least 4 members (excludes halogenated alkanes) is 3. The van der Waals surface area contributed by atoms with E-state index in [1.54, 1.807) is 0 Å². The Kier molecular flexibility index (Phi) is 9.93. The van der Waals surface area contributed by atoms with Gasteiger partial charge >= 0.3 is 0 Å². The molecule has 1 aliphatic carbocycles. The van der Waals surface area contributed by atoms with Crippen LogP contribution in [0.4, 0.5) is 11.4 Å². The van der Waals surface area contributed by atoms with Crippen molar-refractivity contribution in [1.29, 1.82) is 0 Å². The van der Waals surface area contributed by atoms with Crippen LogP contribution in [0.15, 0.2) is 84.1 Å². The quantitative estimate of drug-likeness (QED) is 0.108. The first-order chi connectivity index (χ1) is 27.3. The number of aliphatic imine (C=N–C) groups is 1. The molecular formula is C43H47ClN10O2. The van der Waals surface area contributed by atoms with Crippen molar-refractivity contribution in [2.75, 3.05) is 42.9 Å². The van der Waals surface area contributed by atoms with E-state index in [0.29, 0.717) is 17.9 Å². The molecule has 288 valence electrons. The van der Waals surface area contributed by atoms with E-state index in [1.165, 1.54) is 24.9 Å². The molecule has 5 heterocycles. The minimum atomic E-state index is -0.366. The maximum atomic E-state index is 12.1. The predicted octanol–water partition coefficient (Wildman–Crippen LogP) is 6.53. The summed E-state index contributed by atoms with van der Waals surface area (Å²) < 4.78 is 4.27. The first-order valence-corrected chi connectivity index (χ1v) is 20.3. The zero-order chi connectivity index (χ0) is 38.2. The molecular weight excluding hydrogens is 724 g/mol. The van der Waals surface area contributed by atoms with E-state index >= 15 is 0 Å². The van der Waals surface area contributed by atoms with Crippen molar-refractivity contribution in [2.24, 2.45) is 4.99 Å². The molecule has 13 heteroatoms. The molecule has 0 bridgehead atoms. The lowest BCUT2D eigenvalue weighted by Crippen LogP contribution is -2.47. The van der Waals surface area contributed by atoms with Crippen LogP contribution in [0, 0.1) is 6.92 Å². The minimum Gasteiger partial charge on any atom is -0.374 e. The average Bonchev–Trinajstić information content (AvgIpc) is 3.69. The zero-order valence-electron chi connectivity index (χ0n) is 31.8. The highest BCUT2D eigenvalue weighted by atomic mass is 35.5. The van der Waals surface area contributed by atoms with E-state index < -0.39 is 0 Å².